The lowest BCUT2D eigenvalue weighted by atomic mass is 9.99. The SMILES string of the molecule is Cc1sc2c(c1C)C(c1ccc(Cl)cc1)=NC(CC(=O)NCCCCCCCCN)c1nnc(C)n1-2. The summed E-state index contributed by atoms with van der Waals surface area (Å²) >= 11 is 7.89. The molecular formula is C27H35ClN6OS. The van der Waals surface area contributed by atoms with Crippen molar-refractivity contribution in [2.24, 2.45) is 10.7 Å². The summed E-state index contributed by atoms with van der Waals surface area (Å²) in [6.45, 7) is 7.63. The highest BCUT2D eigenvalue weighted by atomic mass is 35.5. The van der Waals surface area contributed by atoms with Crippen LogP contribution >= 0.6 is 22.9 Å². The smallest absolute Gasteiger partial charge is 0.222 e. The molecule has 0 aliphatic carbocycles. The molecule has 3 aromatic rings. The van der Waals surface area contributed by atoms with Gasteiger partial charge >= 0.3 is 0 Å². The zero-order valence-corrected chi connectivity index (χ0v) is 22.9. The summed E-state index contributed by atoms with van der Waals surface area (Å²) in [5, 5.41) is 13.6. The Morgan fingerprint density at radius 2 is 1.75 bits per heavy atom. The highest BCUT2D eigenvalue weighted by molar-refractivity contribution is 7.15. The molecule has 7 nitrogen and oxygen atoms in total. The van der Waals surface area contributed by atoms with Crippen molar-refractivity contribution in [3.05, 3.63) is 62.5 Å². The summed E-state index contributed by atoms with van der Waals surface area (Å²) in [7, 11) is 0. The molecule has 4 rings (SSSR count). The van der Waals surface area contributed by atoms with Crippen molar-refractivity contribution in [2.75, 3.05) is 13.1 Å². The van der Waals surface area contributed by atoms with Crippen molar-refractivity contribution in [2.45, 2.75) is 71.8 Å². The minimum Gasteiger partial charge on any atom is -0.356 e. The van der Waals surface area contributed by atoms with Gasteiger partial charge in [-0.3, -0.25) is 14.4 Å². The second-order valence-corrected chi connectivity index (χ2v) is 11.0. The molecule has 0 spiro atoms. The fourth-order valence-corrected chi connectivity index (χ4v) is 5.92. The Labute approximate surface area is 222 Å². The summed E-state index contributed by atoms with van der Waals surface area (Å²) in [6.07, 6.45) is 6.96. The molecular weight excluding hydrogens is 492 g/mol. The number of carbonyl (C=O) groups excluding carboxylic acids is 1. The third-order valence-corrected chi connectivity index (χ3v) is 8.13. The van der Waals surface area contributed by atoms with Gasteiger partial charge in [0.05, 0.1) is 12.1 Å². The first-order valence-corrected chi connectivity index (χ1v) is 13.9. The van der Waals surface area contributed by atoms with Gasteiger partial charge in [0, 0.05) is 27.6 Å². The molecule has 1 aliphatic rings. The number of hydrogen-bond donors (Lipinski definition) is 2. The fourth-order valence-electron chi connectivity index (χ4n) is 4.58. The van der Waals surface area contributed by atoms with E-state index in [-0.39, 0.29) is 12.3 Å². The molecule has 192 valence electrons. The summed E-state index contributed by atoms with van der Waals surface area (Å²) < 4.78 is 2.08. The lowest BCUT2D eigenvalue weighted by molar-refractivity contribution is -0.121. The molecule has 0 saturated heterocycles. The van der Waals surface area contributed by atoms with E-state index in [0.717, 1.165) is 53.5 Å². The molecule has 1 aromatic carbocycles. The Bertz CT molecular complexity index is 1230. The Hall–Kier alpha value is -2.55. The average Bonchev–Trinajstić information content (AvgIpc) is 3.33. The van der Waals surface area contributed by atoms with Crippen LogP contribution in [0, 0.1) is 20.8 Å². The maximum atomic E-state index is 13.0. The normalized spacial score (nSPS) is 14.7. The Morgan fingerprint density at radius 1 is 1.06 bits per heavy atom. The van der Waals surface area contributed by atoms with Crippen LogP contribution in [-0.4, -0.2) is 39.5 Å². The van der Waals surface area contributed by atoms with E-state index in [4.69, 9.17) is 22.3 Å². The number of aromatic nitrogens is 3. The molecule has 0 radical (unpaired) electrons. The van der Waals surface area contributed by atoms with Crippen molar-refractivity contribution in [1.29, 1.82) is 0 Å². The van der Waals surface area contributed by atoms with E-state index < -0.39 is 6.04 Å². The molecule has 0 bridgehead atoms. The van der Waals surface area contributed by atoms with Crippen LogP contribution in [-0.2, 0) is 4.79 Å². The number of fused-ring (bicyclic) bond motifs is 3. The van der Waals surface area contributed by atoms with E-state index in [1.165, 1.54) is 29.7 Å². The molecule has 1 amide bonds. The second-order valence-electron chi connectivity index (χ2n) is 9.37. The van der Waals surface area contributed by atoms with E-state index in [1.807, 2.05) is 31.2 Å². The van der Waals surface area contributed by atoms with Crippen LogP contribution in [0.1, 0.15) is 84.2 Å². The van der Waals surface area contributed by atoms with Crippen LogP contribution in [0.4, 0.5) is 0 Å². The first-order valence-electron chi connectivity index (χ1n) is 12.7. The summed E-state index contributed by atoms with van der Waals surface area (Å²) in [6, 6.07) is 7.29. The molecule has 3 heterocycles. The average molecular weight is 527 g/mol. The van der Waals surface area contributed by atoms with Gasteiger partial charge in [-0.05, 0) is 57.9 Å². The van der Waals surface area contributed by atoms with Gasteiger partial charge in [-0.1, -0.05) is 49.4 Å². The van der Waals surface area contributed by atoms with Gasteiger partial charge in [0.1, 0.15) is 16.9 Å². The van der Waals surface area contributed by atoms with Crippen LogP contribution in [0.5, 0.6) is 0 Å². The van der Waals surface area contributed by atoms with Crippen molar-refractivity contribution in [1.82, 2.24) is 20.1 Å². The number of rotatable bonds is 11. The van der Waals surface area contributed by atoms with E-state index in [0.29, 0.717) is 17.4 Å². The van der Waals surface area contributed by atoms with Crippen LogP contribution in [0.3, 0.4) is 0 Å². The van der Waals surface area contributed by atoms with Gasteiger partial charge < -0.3 is 11.1 Å². The zero-order valence-electron chi connectivity index (χ0n) is 21.3. The number of aryl methyl sites for hydroxylation is 2. The van der Waals surface area contributed by atoms with Crippen molar-refractivity contribution in [3.8, 4) is 5.00 Å². The first-order chi connectivity index (χ1) is 17.4. The van der Waals surface area contributed by atoms with Gasteiger partial charge in [0.2, 0.25) is 5.91 Å². The molecule has 1 unspecified atom stereocenters. The Balaban J connectivity index is 1.56. The minimum absolute atomic E-state index is 0.0206. The highest BCUT2D eigenvalue weighted by Crippen LogP contribution is 2.39. The number of unbranched alkanes of at least 4 members (excludes halogenated alkanes) is 5. The standard InChI is InChI=1S/C27H35ClN6OS/c1-17-18(2)36-27-24(17)25(20-10-12-21(28)13-11-20)31-22(26-33-32-19(3)34(26)27)16-23(35)30-15-9-7-5-4-6-8-14-29/h10-13,22H,4-9,14-16,29H2,1-3H3,(H,30,35). The lowest BCUT2D eigenvalue weighted by Crippen LogP contribution is -2.26. The number of benzene rings is 1. The molecule has 1 aliphatic heterocycles. The number of aliphatic imine (C=N–C) groups is 1. The summed E-state index contributed by atoms with van der Waals surface area (Å²) in [4.78, 5) is 19.3. The molecule has 0 fully saturated rings. The van der Waals surface area contributed by atoms with Gasteiger partial charge in [0.25, 0.3) is 0 Å². The van der Waals surface area contributed by atoms with Crippen LogP contribution in [0.2, 0.25) is 5.02 Å². The van der Waals surface area contributed by atoms with Gasteiger partial charge in [-0.15, -0.1) is 21.5 Å². The Morgan fingerprint density at radius 3 is 2.47 bits per heavy atom. The van der Waals surface area contributed by atoms with Crippen LogP contribution in [0.15, 0.2) is 29.3 Å². The monoisotopic (exact) mass is 526 g/mol. The predicted octanol–water partition coefficient (Wildman–Crippen LogP) is 5.61. The number of thiophene rings is 1. The topological polar surface area (TPSA) is 98.2 Å². The van der Waals surface area contributed by atoms with E-state index in [9.17, 15) is 4.79 Å². The molecule has 3 N–H and O–H groups in total. The molecule has 0 saturated carbocycles. The number of nitrogens with one attached hydrogen (secondary N) is 1. The Kier molecular flexibility index (Phi) is 8.93. The van der Waals surface area contributed by atoms with Gasteiger partial charge in [-0.25, -0.2) is 0 Å². The predicted molar refractivity (Wildman–Crippen MR) is 148 cm³/mol. The van der Waals surface area contributed by atoms with E-state index in [2.05, 4.69) is 33.9 Å². The van der Waals surface area contributed by atoms with Crippen molar-refractivity contribution in [3.63, 3.8) is 0 Å². The minimum atomic E-state index is -0.438. The number of halogens is 1. The van der Waals surface area contributed by atoms with Gasteiger partial charge in [-0.2, -0.15) is 0 Å². The zero-order chi connectivity index (χ0) is 25.7. The molecule has 36 heavy (non-hydrogen) atoms. The third kappa shape index (κ3) is 5.88. The molecule has 1 atom stereocenters. The second kappa shape index (κ2) is 12.1. The number of carbonyl (C=O) groups is 1. The van der Waals surface area contributed by atoms with Crippen LogP contribution < -0.4 is 11.1 Å². The largest absolute Gasteiger partial charge is 0.356 e. The van der Waals surface area contributed by atoms with E-state index in [1.54, 1.807) is 11.3 Å². The molecule has 9 heteroatoms. The molecule has 2 aromatic heterocycles. The van der Waals surface area contributed by atoms with Crippen molar-refractivity contribution >= 4 is 34.6 Å². The quantitative estimate of drug-likeness (QED) is 0.317. The van der Waals surface area contributed by atoms with Crippen LogP contribution in [0.25, 0.3) is 5.00 Å². The number of nitrogens with zero attached hydrogens (tertiary/aromatic N) is 4. The maximum Gasteiger partial charge on any atom is 0.222 e. The first kappa shape index (κ1) is 26.5. The highest BCUT2D eigenvalue weighted by Gasteiger charge is 2.32. The van der Waals surface area contributed by atoms with Gasteiger partial charge in [0.15, 0.2) is 5.82 Å². The lowest BCUT2D eigenvalue weighted by Gasteiger charge is -2.13. The number of amides is 1. The maximum absolute atomic E-state index is 13.0. The number of nitrogens with two attached hydrogens (primary N) is 1. The third-order valence-electron chi connectivity index (χ3n) is 6.69. The van der Waals surface area contributed by atoms with E-state index >= 15 is 0 Å². The summed E-state index contributed by atoms with van der Waals surface area (Å²) in [5.41, 5.74) is 9.64. The summed E-state index contributed by atoms with van der Waals surface area (Å²) in [5.74, 6) is 1.47. The van der Waals surface area contributed by atoms with Crippen molar-refractivity contribution < 1.29 is 4.79 Å². The number of hydrogen-bond acceptors (Lipinski definition) is 6. The fraction of sp³-hybridized carbons (Fsp3) is 0.481.